The van der Waals surface area contributed by atoms with Crippen molar-refractivity contribution in [2.75, 3.05) is 26.3 Å². The lowest BCUT2D eigenvalue weighted by molar-refractivity contribution is -0.134. The summed E-state index contributed by atoms with van der Waals surface area (Å²) in [6.07, 6.45) is 0. The quantitative estimate of drug-likeness (QED) is 0.409. The summed E-state index contributed by atoms with van der Waals surface area (Å²) in [4.78, 5) is 15.4. The molecule has 1 aromatic heterocycles. The van der Waals surface area contributed by atoms with Crippen LogP contribution in [0.2, 0.25) is 0 Å². The van der Waals surface area contributed by atoms with Gasteiger partial charge in [0.25, 0.3) is 0 Å². The number of ether oxygens (including phenoxy) is 1. The van der Waals surface area contributed by atoms with Crippen molar-refractivity contribution in [2.24, 2.45) is 0 Å². The average Bonchev–Trinajstić information content (AvgIpc) is 2.88. The summed E-state index contributed by atoms with van der Waals surface area (Å²) in [6.45, 7) is 2.38. The maximum absolute atomic E-state index is 13.5. The normalized spacial score (nSPS) is 14.9. The number of hydrogen-bond acceptors (Lipinski definition) is 5. The summed E-state index contributed by atoms with van der Waals surface area (Å²) >= 11 is 1.47. The minimum atomic E-state index is -0.394. The number of nitrogens with zero attached hydrogens (tertiary/aromatic N) is 3. The molecule has 1 amide bonds. The van der Waals surface area contributed by atoms with Gasteiger partial charge in [-0.05, 0) is 5.56 Å². The third kappa shape index (κ3) is 4.24. The fourth-order valence-corrected chi connectivity index (χ4v) is 5.08. The molecule has 0 aliphatic carbocycles. The molecule has 160 valence electrons. The van der Waals surface area contributed by atoms with Crippen LogP contribution in [0.4, 0.5) is 0 Å². The zero-order chi connectivity index (χ0) is 21.8. The molecule has 3 aromatic carbocycles. The molecule has 1 aliphatic rings. The lowest BCUT2D eigenvalue weighted by Crippen LogP contribution is -2.42. The zero-order valence-corrected chi connectivity index (χ0v) is 18.4. The van der Waals surface area contributed by atoms with E-state index in [4.69, 9.17) is 4.74 Å². The van der Waals surface area contributed by atoms with E-state index in [1.807, 2.05) is 77.7 Å². The summed E-state index contributed by atoms with van der Waals surface area (Å²) in [6, 6.07) is 28.1. The Balaban J connectivity index is 1.55. The van der Waals surface area contributed by atoms with Gasteiger partial charge in [-0.25, -0.2) is 0 Å². The van der Waals surface area contributed by atoms with Crippen LogP contribution in [-0.4, -0.2) is 47.3 Å². The third-order valence-corrected chi connectivity index (χ3v) is 6.81. The molecule has 0 saturated carbocycles. The number of carbonyl (C=O) groups excluding carboxylic acids is 1. The van der Waals surface area contributed by atoms with Crippen molar-refractivity contribution in [3.63, 3.8) is 0 Å². The second kappa shape index (κ2) is 9.51. The zero-order valence-electron chi connectivity index (χ0n) is 17.6. The SMILES string of the molecule is O=C([C@H](Sc1nnc(-c2ccccc2)c2ccccc12)c1ccccc1)N1CCOCC1. The molecule has 5 nitrogen and oxygen atoms in total. The van der Waals surface area contributed by atoms with Crippen LogP contribution in [0.5, 0.6) is 0 Å². The molecular formula is C26H23N3O2S. The molecule has 5 rings (SSSR count). The second-order valence-corrected chi connectivity index (χ2v) is 8.71. The van der Waals surface area contributed by atoms with E-state index in [1.54, 1.807) is 0 Å². The summed E-state index contributed by atoms with van der Waals surface area (Å²) in [7, 11) is 0. The van der Waals surface area contributed by atoms with E-state index in [0.717, 1.165) is 32.6 Å². The van der Waals surface area contributed by atoms with Gasteiger partial charge in [0.2, 0.25) is 5.91 Å². The lowest BCUT2D eigenvalue weighted by Gasteiger charge is -2.30. The summed E-state index contributed by atoms with van der Waals surface area (Å²) < 4.78 is 5.44. The van der Waals surface area contributed by atoms with Gasteiger partial charge in [-0.1, -0.05) is 96.7 Å². The van der Waals surface area contributed by atoms with Crippen LogP contribution in [0.1, 0.15) is 10.8 Å². The highest BCUT2D eigenvalue weighted by molar-refractivity contribution is 8.00. The number of fused-ring (bicyclic) bond motifs is 1. The van der Waals surface area contributed by atoms with E-state index >= 15 is 0 Å². The highest BCUT2D eigenvalue weighted by Crippen LogP contribution is 2.40. The Morgan fingerprint density at radius 2 is 1.44 bits per heavy atom. The van der Waals surface area contributed by atoms with Gasteiger partial charge >= 0.3 is 0 Å². The van der Waals surface area contributed by atoms with E-state index in [2.05, 4.69) is 22.3 Å². The first-order valence-electron chi connectivity index (χ1n) is 10.7. The van der Waals surface area contributed by atoms with E-state index < -0.39 is 5.25 Å². The maximum atomic E-state index is 13.5. The number of aromatic nitrogens is 2. The predicted octanol–water partition coefficient (Wildman–Crippen LogP) is 4.99. The molecule has 1 atom stereocenters. The number of rotatable bonds is 5. The van der Waals surface area contributed by atoms with Gasteiger partial charge in [0, 0.05) is 29.4 Å². The van der Waals surface area contributed by atoms with E-state index in [9.17, 15) is 4.79 Å². The first-order valence-corrected chi connectivity index (χ1v) is 11.6. The minimum absolute atomic E-state index is 0.0857. The Kier molecular flexibility index (Phi) is 6.14. The molecule has 0 spiro atoms. The molecule has 0 unspecified atom stereocenters. The van der Waals surface area contributed by atoms with Crippen LogP contribution >= 0.6 is 11.8 Å². The Morgan fingerprint density at radius 1 is 0.812 bits per heavy atom. The number of amides is 1. The Labute approximate surface area is 191 Å². The van der Waals surface area contributed by atoms with Crippen molar-refractivity contribution in [3.8, 4) is 11.3 Å². The van der Waals surface area contributed by atoms with Crippen molar-refractivity contribution in [3.05, 3.63) is 90.5 Å². The Hall–Kier alpha value is -3.22. The maximum Gasteiger partial charge on any atom is 0.240 e. The molecular weight excluding hydrogens is 418 g/mol. The van der Waals surface area contributed by atoms with Gasteiger partial charge in [0.1, 0.15) is 16.0 Å². The molecule has 2 heterocycles. The third-order valence-electron chi connectivity index (χ3n) is 5.58. The Morgan fingerprint density at radius 3 is 2.16 bits per heavy atom. The summed E-state index contributed by atoms with van der Waals surface area (Å²) in [5.41, 5.74) is 2.84. The van der Waals surface area contributed by atoms with Crippen molar-refractivity contribution in [2.45, 2.75) is 10.3 Å². The minimum Gasteiger partial charge on any atom is -0.378 e. The highest BCUT2D eigenvalue weighted by Gasteiger charge is 2.29. The second-order valence-electron chi connectivity index (χ2n) is 7.61. The average molecular weight is 442 g/mol. The molecule has 0 bridgehead atoms. The molecule has 4 aromatic rings. The van der Waals surface area contributed by atoms with E-state index in [1.165, 1.54) is 11.8 Å². The summed E-state index contributed by atoms with van der Waals surface area (Å²) in [5, 5.41) is 11.6. The van der Waals surface area contributed by atoms with Crippen LogP contribution in [-0.2, 0) is 9.53 Å². The molecule has 32 heavy (non-hydrogen) atoms. The number of hydrogen-bond donors (Lipinski definition) is 0. The van der Waals surface area contributed by atoms with Crippen molar-refractivity contribution in [1.82, 2.24) is 15.1 Å². The van der Waals surface area contributed by atoms with Crippen LogP contribution in [0, 0.1) is 0 Å². The van der Waals surface area contributed by atoms with Crippen molar-refractivity contribution in [1.29, 1.82) is 0 Å². The van der Waals surface area contributed by atoms with Gasteiger partial charge in [-0.15, -0.1) is 10.2 Å². The largest absolute Gasteiger partial charge is 0.378 e. The lowest BCUT2D eigenvalue weighted by atomic mass is 10.1. The van der Waals surface area contributed by atoms with Gasteiger partial charge in [-0.2, -0.15) is 0 Å². The first kappa shape index (κ1) is 20.7. The Bertz CT molecular complexity index is 1210. The number of morpholine rings is 1. The van der Waals surface area contributed by atoms with Crippen LogP contribution in [0.25, 0.3) is 22.0 Å². The molecule has 1 saturated heterocycles. The van der Waals surface area contributed by atoms with Gasteiger partial charge < -0.3 is 9.64 Å². The van der Waals surface area contributed by atoms with Crippen molar-refractivity contribution < 1.29 is 9.53 Å². The molecule has 1 fully saturated rings. The predicted molar refractivity (Wildman–Crippen MR) is 127 cm³/mol. The number of thioether (sulfide) groups is 1. The van der Waals surface area contributed by atoms with Crippen LogP contribution in [0.3, 0.4) is 0 Å². The topological polar surface area (TPSA) is 55.3 Å². The van der Waals surface area contributed by atoms with E-state index in [0.29, 0.717) is 26.3 Å². The highest BCUT2D eigenvalue weighted by atomic mass is 32.2. The number of carbonyl (C=O) groups is 1. The fourth-order valence-electron chi connectivity index (χ4n) is 3.93. The van der Waals surface area contributed by atoms with Gasteiger partial charge in [0.05, 0.1) is 13.2 Å². The molecule has 1 aliphatic heterocycles. The molecule has 0 radical (unpaired) electrons. The van der Waals surface area contributed by atoms with Gasteiger partial charge in [0.15, 0.2) is 0 Å². The van der Waals surface area contributed by atoms with Gasteiger partial charge in [-0.3, -0.25) is 4.79 Å². The van der Waals surface area contributed by atoms with E-state index in [-0.39, 0.29) is 5.91 Å². The smallest absolute Gasteiger partial charge is 0.240 e. The molecule has 6 heteroatoms. The van der Waals surface area contributed by atoms with Crippen molar-refractivity contribution >= 4 is 28.4 Å². The standard InChI is InChI=1S/C26H23N3O2S/c30-26(29-15-17-31-18-16-29)24(20-11-5-2-6-12-20)32-25-22-14-8-7-13-21(22)23(27-28-25)19-9-3-1-4-10-19/h1-14,24H,15-18H2/t24-/m1/s1. The number of benzene rings is 3. The molecule has 0 N–H and O–H groups in total. The summed E-state index contributed by atoms with van der Waals surface area (Å²) in [5.74, 6) is 0.0857. The monoisotopic (exact) mass is 441 g/mol. The fraction of sp³-hybridized carbons (Fsp3) is 0.192. The van der Waals surface area contributed by atoms with Crippen LogP contribution in [0.15, 0.2) is 90.0 Å². The van der Waals surface area contributed by atoms with Crippen LogP contribution < -0.4 is 0 Å². The first-order chi connectivity index (χ1) is 15.8.